The number of rotatable bonds is 3. The molecule has 2 rings (SSSR count). The van der Waals surface area contributed by atoms with E-state index in [0.29, 0.717) is 10.7 Å². The predicted octanol–water partition coefficient (Wildman–Crippen LogP) is 3.35. The SMILES string of the molecule is CC(C)(C)OC(=O)N(Cc1ccc(C#N)s1)c1cnccn1. The highest BCUT2D eigenvalue weighted by Crippen LogP contribution is 2.22. The number of hydrogen-bond donors (Lipinski definition) is 0. The molecule has 0 fully saturated rings. The van der Waals surface area contributed by atoms with Crippen LogP contribution in [0.3, 0.4) is 0 Å². The molecule has 6 nitrogen and oxygen atoms in total. The molecule has 0 bridgehead atoms. The minimum absolute atomic E-state index is 0.278. The van der Waals surface area contributed by atoms with Crippen LogP contribution in [0, 0.1) is 11.3 Å². The predicted molar refractivity (Wildman–Crippen MR) is 83.5 cm³/mol. The summed E-state index contributed by atoms with van der Waals surface area (Å²) in [6.45, 7) is 5.69. The lowest BCUT2D eigenvalue weighted by atomic mass is 10.2. The topological polar surface area (TPSA) is 79.1 Å². The number of carbonyl (C=O) groups excluding carboxylic acids is 1. The number of amides is 1. The van der Waals surface area contributed by atoms with E-state index in [-0.39, 0.29) is 6.54 Å². The largest absolute Gasteiger partial charge is 0.443 e. The minimum atomic E-state index is -0.606. The Kier molecular flexibility index (Phi) is 4.73. The Labute approximate surface area is 133 Å². The van der Waals surface area contributed by atoms with Crippen LogP contribution < -0.4 is 4.90 Å². The number of aromatic nitrogens is 2. The van der Waals surface area contributed by atoms with Crippen LogP contribution in [0.25, 0.3) is 0 Å². The Hall–Kier alpha value is -2.46. The molecule has 2 aromatic heterocycles. The second-order valence-corrected chi connectivity index (χ2v) is 6.68. The summed E-state index contributed by atoms with van der Waals surface area (Å²) in [6.07, 6.45) is 4.06. The van der Waals surface area contributed by atoms with Gasteiger partial charge < -0.3 is 4.74 Å². The monoisotopic (exact) mass is 316 g/mol. The molecule has 0 unspecified atom stereocenters. The standard InChI is InChI=1S/C15H16N4O2S/c1-15(2,3)21-14(20)19(13-9-17-6-7-18-13)10-12-5-4-11(8-16)22-12/h4-7,9H,10H2,1-3H3. The van der Waals surface area contributed by atoms with E-state index in [2.05, 4.69) is 16.0 Å². The zero-order valence-electron chi connectivity index (χ0n) is 12.6. The molecule has 1 amide bonds. The molecule has 0 aliphatic carbocycles. The summed E-state index contributed by atoms with van der Waals surface area (Å²) in [5.41, 5.74) is -0.606. The molecule has 0 saturated carbocycles. The molecule has 22 heavy (non-hydrogen) atoms. The van der Waals surface area contributed by atoms with E-state index < -0.39 is 11.7 Å². The van der Waals surface area contributed by atoms with Crippen LogP contribution in [0.1, 0.15) is 30.5 Å². The number of ether oxygens (including phenoxy) is 1. The minimum Gasteiger partial charge on any atom is -0.443 e. The Morgan fingerprint density at radius 1 is 1.41 bits per heavy atom. The van der Waals surface area contributed by atoms with Crippen molar-refractivity contribution in [3.05, 3.63) is 40.5 Å². The van der Waals surface area contributed by atoms with Gasteiger partial charge in [0, 0.05) is 17.3 Å². The highest BCUT2D eigenvalue weighted by molar-refractivity contribution is 7.12. The maximum absolute atomic E-state index is 12.4. The van der Waals surface area contributed by atoms with Crippen LogP contribution in [0.15, 0.2) is 30.7 Å². The van der Waals surface area contributed by atoms with Crippen molar-refractivity contribution < 1.29 is 9.53 Å². The van der Waals surface area contributed by atoms with Crippen molar-refractivity contribution in [2.45, 2.75) is 32.9 Å². The van der Waals surface area contributed by atoms with Crippen molar-refractivity contribution in [2.75, 3.05) is 4.90 Å². The first-order valence-electron chi connectivity index (χ1n) is 6.64. The summed E-state index contributed by atoms with van der Waals surface area (Å²) < 4.78 is 5.42. The van der Waals surface area contributed by atoms with Crippen LogP contribution in [-0.4, -0.2) is 21.7 Å². The van der Waals surface area contributed by atoms with Gasteiger partial charge in [-0.15, -0.1) is 11.3 Å². The molecule has 7 heteroatoms. The van der Waals surface area contributed by atoms with Gasteiger partial charge in [0.1, 0.15) is 16.5 Å². The quantitative estimate of drug-likeness (QED) is 0.867. The van der Waals surface area contributed by atoms with Crippen molar-refractivity contribution in [3.8, 4) is 6.07 Å². The molecule has 0 aliphatic rings. The molecule has 114 valence electrons. The van der Waals surface area contributed by atoms with Gasteiger partial charge in [-0.3, -0.25) is 9.88 Å². The van der Waals surface area contributed by atoms with Gasteiger partial charge in [0.25, 0.3) is 0 Å². The lowest BCUT2D eigenvalue weighted by Gasteiger charge is -2.26. The number of anilines is 1. The second-order valence-electron chi connectivity index (χ2n) is 5.51. The summed E-state index contributed by atoms with van der Waals surface area (Å²) in [6, 6.07) is 5.63. The van der Waals surface area contributed by atoms with Crippen molar-refractivity contribution in [2.24, 2.45) is 0 Å². The first-order chi connectivity index (χ1) is 10.4. The van der Waals surface area contributed by atoms with Crippen molar-refractivity contribution in [3.63, 3.8) is 0 Å². The van der Waals surface area contributed by atoms with Crippen molar-refractivity contribution in [1.29, 1.82) is 5.26 Å². The Balaban J connectivity index is 2.26. The van der Waals surface area contributed by atoms with Gasteiger partial charge in [-0.25, -0.2) is 9.78 Å². The molecule has 0 aliphatic heterocycles. The van der Waals surface area contributed by atoms with E-state index in [0.717, 1.165) is 4.88 Å². The highest BCUT2D eigenvalue weighted by atomic mass is 32.1. The second kappa shape index (κ2) is 6.54. The van der Waals surface area contributed by atoms with Crippen LogP contribution >= 0.6 is 11.3 Å². The molecule has 0 saturated heterocycles. The number of hydrogen-bond acceptors (Lipinski definition) is 6. The van der Waals surface area contributed by atoms with Crippen LogP contribution in [0.2, 0.25) is 0 Å². The zero-order chi connectivity index (χ0) is 16.2. The molecule has 0 radical (unpaired) electrons. The smallest absolute Gasteiger partial charge is 0.416 e. The lowest BCUT2D eigenvalue weighted by Crippen LogP contribution is -2.36. The molecular weight excluding hydrogens is 300 g/mol. The fraction of sp³-hybridized carbons (Fsp3) is 0.333. The van der Waals surface area contributed by atoms with Crippen molar-refractivity contribution >= 4 is 23.2 Å². The van der Waals surface area contributed by atoms with Crippen LogP contribution in [0.4, 0.5) is 10.6 Å². The molecule has 0 N–H and O–H groups in total. The molecule has 0 atom stereocenters. The number of thiophene rings is 1. The number of nitriles is 1. The first-order valence-corrected chi connectivity index (χ1v) is 7.46. The molecule has 0 spiro atoms. The normalized spacial score (nSPS) is 10.8. The molecule has 0 aromatic carbocycles. The van der Waals surface area contributed by atoms with Gasteiger partial charge in [-0.05, 0) is 32.9 Å². The van der Waals surface area contributed by atoms with E-state index in [9.17, 15) is 4.79 Å². The van der Waals surface area contributed by atoms with E-state index >= 15 is 0 Å². The summed E-state index contributed by atoms with van der Waals surface area (Å²) in [4.78, 5) is 23.4. The maximum Gasteiger partial charge on any atom is 0.416 e. The molecule has 2 aromatic rings. The fourth-order valence-corrected chi connectivity index (χ4v) is 2.46. The van der Waals surface area contributed by atoms with Crippen LogP contribution in [-0.2, 0) is 11.3 Å². The van der Waals surface area contributed by atoms with Gasteiger partial charge in [0.15, 0.2) is 5.82 Å². The third-order valence-electron chi connectivity index (χ3n) is 2.53. The summed E-state index contributed by atoms with van der Waals surface area (Å²) in [7, 11) is 0. The average molecular weight is 316 g/mol. The number of nitrogens with zero attached hydrogens (tertiary/aromatic N) is 4. The van der Waals surface area contributed by atoms with E-state index in [1.807, 2.05) is 6.07 Å². The van der Waals surface area contributed by atoms with E-state index in [1.54, 1.807) is 26.8 Å². The van der Waals surface area contributed by atoms with Gasteiger partial charge in [0.05, 0.1) is 12.7 Å². The third kappa shape index (κ3) is 4.27. The summed E-state index contributed by atoms with van der Waals surface area (Å²) in [5.74, 6) is 0.406. The zero-order valence-corrected chi connectivity index (χ0v) is 13.4. The maximum atomic E-state index is 12.4. The number of carbonyl (C=O) groups is 1. The van der Waals surface area contributed by atoms with E-state index in [4.69, 9.17) is 10.00 Å². The summed E-state index contributed by atoms with van der Waals surface area (Å²) in [5, 5.41) is 8.90. The Morgan fingerprint density at radius 3 is 2.73 bits per heavy atom. The van der Waals surface area contributed by atoms with Gasteiger partial charge in [-0.2, -0.15) is 5.26 Å². The average Bonchev–Trinajstić information content (AvgIpc) is 2.91. The fourth-order valence-electron chi connectivity index (χ4n) is 1.67. The van der Waals surface area contributed by atoms with Gasteiger partial charge in [-0.1, -0.05) is 0 Å². The lowest BCUT2D eigenvalue weighted by molar-refractivity contribution is 0.0576. The van der Waals surface area contributed by atoms with Gasteiger partial charge in [0.2, 0.25) is 0 Å². The van der Waals surface area contributed by atoms with Crippen LogP contribution in [0.5, 0.6) is 0 Å². The Morgan fingerprint density at radius 2 is 2.18 bits per heavy atom. The third-order valence-corrected chi connectivity index (χ3v) is 3.50. The van der Waals surface area contributed by atoms with Crippen molar-refractivity contribution in [1.82, 2.24) is 9.97 Å². The molecule has 2 heterocycles. The van der Waals surface area contributed by atoms with E-state index in [1.165, 1.54) is 34.8 Å². The Bertz CT molecular complexity index is 686. The molecular formula is C15H16N4O2S. The highest BCUT2D eigenvalue weighted by Gasteiger charge is 2.25. The first kappa shape index (κ1) is 15.9. The summed E-state index contributed by atoms with van der Waals surface area (Å²) >= 11 is 1.33. The van der Waals surface area contributed by atoms with Gasteiger partial charge >= 0.3 is 6.09 Å².